The van der Waals surface area contributed by atoms with Crippen LogP contribution in [0.25, 0.3) is 0 Å². The second-order valence-corrected chi connectivity index (χ2v) is 9.23. The highest BCUT2D eigenvalue weighted by atomic mass is 16.6. The Morgan fingerprint density at radius 2 is 1.73 bits per heavy atom. The van der Waals surface area contributed by atoms with Gasteiger partial charge in [-0.2, -0.15) is 0 Å². The standard InChI is InChI=1S/C23H35N3O4/c1-17(27)26(18-8-14-29-15-9-18)21-16-19(25-12-10-24(5)11-13-25)6-7-20(21)22(28)30-23(2,3)4/h6-7,16,18H,8-15H2,1-5H3. The second kappa shape index (κ2) is 9.35. The number of likely N-dealkylation sites (N-methyl/N-ethyl adjacent to an activating group) is 1. The van der Waals surface area contributed by atoms with E-state index in [0.717, 1.165) is 44.7 Å². The number of benzene rings is 1. The monoisotopic (exact) mass is 417 g/mol. The molecule has 3 rings (SSSR count). The lowest BCUT2D eigenvalue weighted by atomic mass is 10.0. The van der Waals surface area contributed by atoms with Crippen LogP contribution in [0.5, 0.6) is 0 Å². The third-order valence-electron chi connectivity index (χ3n) is 5.62. The zero-order chi connectivity index (χ0) is 21.9. The molecule has 2 fully saturated rings. The molecule has 0 unspecified atom stereocenters. The van der Waals surface area contributed by atoms with Crippen molar-refractivity contribution in [2.24, 2.45) is 0 Å². The van der Waals surface area contributed by atoms with Gasteiger partial charge >= 0.3 is 5.97 Å². The molecule has 2 heterocycles. The molecular formula is C23H35N3O4. The van der Waals surface area contributed by atoms with Crippen LogP contribution in [0, 0.1) is 0 Å². The van der Waals surface area contributed by atoms with Crippen molar-refractivity contribution in [3.8, 4) is 0 Å². The first-order valence-electron chi connectivity index (χ1n) is 10.8. The average Bonchev–Trinajstić information content (AvgIpc) is 2.68. The van der Waals surface area contributed by atoms with Crippen molar-refractivity contribution in [1.82, 2.24) is 4.90 Å². The van der Waals surface area contributed by atoms with Gasteiger partial charge < -0.3 is 24.2 Å². The number of nitrogens with zero attached hydrogens (tertiary/aromatic N) is 3. The van der Waals surface area contributed by atoms with Crippen molar-refractivity contribution in [2.75, 3.05) is 56.2 Å². The van der Waals surface area contributed by atoms with E-state index in [9.17, 15) is 9.59 Å². The highest BCUT2D eigenvalue weighted by Crippen LogP contribution is 2.32. The zero-order valence-electron chi connectivity index (χ0n) is 18.9. The number of anilines is 2. The Kier molecular flexibility index (Phi) is 7.03. The molecule has 166 valence electrons. The molecule has 7 heteroatoms. The number of carbonyl (C=O) groups excluding carboxylic acids is 2. The second-order valence-electron chi connectivity index (χ2n) is 9.23. The fraction of sp³-hybridized carbons (Fsp3) is 0.652. The first-order chi connectivity index (χ1) is 14.2. The predicted octanol–water partition coefficient (Wildman–Crippen LogP) is 2.93. The molecule has 1 amide bonds. The van der Waals surface area contributed by atoms with E-state index in [4.69, 9.17) is 9.47 Å². The minimum atomic E-state index is -0.607. The molecule has 0 N–H and O–H groups in total. The summed E-state index contributed by atoms with van der Waals surface area (Å²) < 4.78 is 11.2. The largest absolute Gasteiger partial charge is 0.456 e. The quantitative estimate of drug-likeness (QED) is 0.702. The van der Waals surface area contributed by atoms with Gasteiger partial charge in [-0.15, -0.1) is 0 Å². The summed E-state index contributed by atoms with van der Waals surface area (Å²) in [7, 11) is 2.12. The van der Waals surface area contributed by atoms with Gasteiger partial charge in [0, 0.05) is 58.0 Å². The summed E-state index contributed by atoms with van der Waals surface area (Å²) in [5.41, 5.74) is 1.50. The molecule has 1 aromatic carbocycles. The summed E-state index contributed by atoms with van der Waals surface area (Å²) in [5.74, 6) is -0.469. The van der Waals surface area contributed by atoms with Gasteiger partial charge in [-0.3, -0.25) is 4.79 Å². The van der Waals surface area contributed by atoms with E-state index in [-0.39, 0.29) is 11.9 Å². The molecule has 1 aromatic rings. The number of hydrogen-bond acceptors (Lipinski definition) is 6. The Labute approximate surface area is 179 Å². The smallest absolute Gasteiger partial charge is 0.340 e. The molecule has 30 heavy (non-hydrogen) atoms. The van der Waals surface area contributed by atoms with Crippen LogP contribution in [-0.4, -0.2) is 74.9 Å². The number of amides is 1. The van der Waals surface area contributed by atoms with Gasteiger partial charge in [-0.1, -0.05) is 0 Å². The average molecular weight is 418 g/mol. The molecular weight excluding hydrogens is 382 g/mol. The first-order valence-corrected chi connectivity index (χ1v) is 10.8. The lowest BCUT2D eigenvalue weighted by Crippen LogP contribution is -2.45. The number of esters is 1. The number of rotatable bonds is 4. The molecule has 2 aliphatic heterocycles. The molecule has 0 spiro atoms. The Hall–Kier alpha value is -2.12. The van der Waals surface area contributed by atoms with Crippen LogP contribution in [0.15, 0.2) is 18.2 Å². The number of hydrogen-bond donors (Lipinski definition) is 0. The number of ether oxygens (including phenoxy) is 2. The predicted molar refractivity (Wildman–Crippen MR) is 118 cm³/mol. The minimum Gasteiger partial charge on any atom is -0.456 e. The van der Waals surface area contributed by atoms with Crippen LogP contribution in [0.1, 0.15) is 50.9 Å². The summed E-state index contributed by atoms with van der Waals surface area (Å²) in [6.45, 7) is 12.2. The van der Waals surface area contributed by atoms with Gasteiger partial charge in [-0.25, -0.2) is 4.79 Å². The fourth-order valence-electron chi connectivity index (χ4n) is 4.05. The summed E-state index contributed by atoms with van der Waals surface area (Å²) in [6, 6.07) is 5.78. The lowest BCUT2D eigenvalue weighted by Gasteiger charge is -2.37. The van der Waals surface area contributed by atoms with Crippen LogP contribution in [0.4, 0.5) is 11.4 Å². The van der Waals surface area contributed by atoms with Gasteiger partial charge in [0.1, 0.15) is 5.60 Å². The van der Waals surface area contributed by atoms with Crippen molar-refractivity contribution >= 4 is 23.3 Å². The summed E-state index contributed by atoms with van der Waals surface area (Å²) in [6.07, 6.45) is 1.51. The molecule has 0 atom stereocenters. The Balaban J connectivity index is 2.01. The highest BCUT2D eigenvalue weighted by Gasteiger charge is 2.31. The van der Waals surface area contributed by atoms with E-state index in [1.165, 1.54) is 0 Å². The lowest BCUT2D eigenvalue weighted by molar-refractivity contribution is -0.117. The number of carbonyl (C=O) groups is 2. The summed E-state index contributed by atoms with van der Waals surface area (Å²) in [4.78, 5) is 32.2. The third kappa shape index (κ3) is 5.52. The molecule has 7 nitrogen and oxygen atoms in total. The van der Waals surface area contributed by atoms with Gasteiger partial charge in [0.25, 0.3) is 0 Å². The maximum absolute atomic E-state index is 13.0. The van der Waals surface area contributed by atoms with Crippen LogP contribution in [0.3, 0.4) is 0 Å². The maximum atomic E-state index is 13.0. The molecule has 0 bridgehead atoms. The minimum absolute atomic E-state index is 0.0141. The van der Waals surface area contributed by atoms with Crippen LogP contribution in [0.2, 0.25) is 0 Å². The first kappa shape index (κ1) is 22.6. The maximum Gasteiger partial charge on any atom is 0.340 e. The number of piperazine rings is 1. The fourth-order valence-corrected chi connectivity index (χ4v) is 4.05. The van der Waals surface area contributed by atoms with E-state index in [1.807, 2.05) is 39.0 Å². The summed E-state index contributed by atoms with van der Waals surface area (Å²) in [5, 5.41) is 0. The highest BCUT2D eigenvalue weighted by molar-refractivity contribution is 6.03. The normalized spacial score (nSPS) is 18.9. The van der Waals surface area contributed by atoms with E-state index in [2.05, 4.69) is 16.8 Å². The van der Waals surface area contributed by atoms with Gasteiger partial charge in [0.05, 0.1) is 11.3 Å². The zero-order valence-corrected chi connectivity index (χ0v) is 18.9. The molecule has 2 aliphatic rings. The van der Waals surface area contributed by atoms with E-state index < -0.39 is 11.6 Å². The van der Waals surface area contributed by atoms with Crippen LogP contribution in [-0.2, 0) is 14.3 Å². The molecule has 0 radical (unpaired) electrons. The molecule has 2 saturated heterocycles. The van der Waals surface area contributed by atoms with Gasteiger partial charge in [-0.05, 0) is 58.9 Å². The molecule has 0 saturated carbocycles. The van der Waals surface area contributed by atoms with Gasteiger partial charge in [0.15, 0.2) is 0 Å². The Bertz CT molecular complexity index is 760. The van der Waals surface area contributed by atoms with Crippen LogP contribution < -0.4 is 9.80 Å². The van der Waals surface area contributed by atoms with Crippen molar-refractivity contribution in [3.63, 3.8) is 0 Å². The van der Waals surface area contributed by atoms with E-state index in [0.29, 0.717) is 24.5 Å². The molecule has 0 aromatic heterocycles. The Morgan fingerprint density at radius 3 is 2.30 bits per heavy atom. The third-order valence-corrected chi connectivity index (χ3v) is 5.62. The molecule has 0 aliphatic carbocycles. The summed E-state index contributed by atoms with van der Waals surface area (Å²) >= 11 is 0. The van der Waals surface area contributed by atoms with Crippen molar-refractivity contribution in [1.29, 1.82) is 0 Å². The topological polar surface area (TPSA) is 62.3 Å². The van der Waals surface area contributed by atoms with Crippen molar-refractivity contribution in [3.05, 3.63) is 23.8 Å². The van der Waals surface area contributed by atoms with Crippen molar-refractivity contribution in [2.45, 2.75) is 52.2 Å². The van der Waals surface area contributed by atoms with Crippen molar-refractivity contribution < 1.29 is 19.1 Å². The Morgan fingerprint density at radius 1 is 1.10 bits per heavy atom. The van der Waals surface area contributed by atoms with E-state index in [1.54, 1.807) is 11.8 Å². The van der Waals surface area contributed by atoms with Gasteiger partial charge in [0.2, 0.25) is 5.91 Å². The SMILES string of the molecule is CC(=O)N(c1cc(N2CCN(C)CC2)ccc1C(=O)OC(C)(C)C)C1CCOCC1. The van der Waals surface area contributed by atoms with E-state index >= 15 is 0 Å². The van der Waals surface area contributed by atoms with Crippen LogP contribution >= 0.6 is 0 Å².